The molecule has 0 aliphatic rings. The van der Waals surface area contributed by atoms with Crippen LogP contribution in [-0.2, 0) is 20.4 Å². The van der Waals surface area contributed by atoms with E-state index in [4.69, 9.17) is 0 Å². The van der Waals surface area contributed by atoms with E-state index in [2.05, 4.69) is 15.9 Å². The van der Waals surface area contributed by atoms with Gasteiger partial charge in [0.15, 0.2) is 0 Å². The minimum atomic E-state index is 0. The van der Waals surface area contributed by atoms with Crippen molar-refractivity contribution in [1.29, 1.82) is 0 Å². The normalized spacial score (nSPS) is 7.57. The molecule has 0 spiro atoms. The summed E-state index contributed by atoms with van der Waals surface area (Å²) in [4.78, 5) is 0. The van der Waals surface area contributed by atoms with Gasteiger partial charge in [-0.05, 0) is 6.26 Å². The van der Waals surface area contributed by atoms with Crippen molar-refractivity contribution in [1.82, 2.24) is 5.16 Å². The summed E-state index contributed by atoms with van der Waals surface area (Å²) in [6.07, 6.45) is 2.44. The zero-order chi connectivity index (χ0) is 4.41. The Morgan fingerprint density at radius 2 is 2.57 bits per heavy atom. The minimum Gasteiger partial charge on any atom is -0.480 e. The van der Waals surface area contributed by atoms with Gasteiger partial charge in [0.05, 0.1) is 0 Å². The number of aromatic nitrogens is 1. The maximum Gasteiger partial charge on any atom is 0 e. The van der Waals surface area contributed by atoms with E-state index in [0.29, 0.717) is 0 Å². The van der Waals surface area contributed by atoms with Gasteiger partial charge in [0.2, 0.25) is 0 Å². The molecular weight excluding hydrogens is 264 g/mol. The van der Waals surface area contributed by atoms with E-state index >= 15 is 0 Å². The van der Waals surface area contributed by atoms with Crippen LogP contribution in [0.2, 0.25) is 0 Å². The van der Waals surface area contributed by atoms with Crippen LogP contribution >= 0.6 is 0 Å². The van der Waals surface area contributed by atoms with Crippen LogP contribution in [0, 0.1) is 13.2 Å². The fraction of sp³-hybridized carbons (Fsp3) is 0.250. The molecule has 0 atom stereocenters. The topological polar surface area (TPSA) is 26.0 Å². The molecule has 1 heterocycles. The van der Waals surface area contributed by atoms with E-state index in [1.807, 2.05) is 6.92 Å². The second kappa shape index (κ2) is 2.95. The van der Waals surface area contributed by atoms with Crippen LogP contribution in [0.3, 0.4) is 0 Å². The van der Waals surface area contributed by atoms with Crippen molar-refractivity contribution in [3.05, 3.63) is 18.0 Å². The molecule has 39 valence electrons. The monoisotopic (exact) mass is 269 g/mol. The molecular formula is C4H4NORe-. The van der Waals surface area contributed by atoms with Gasteiger partial charge in [0, 0.05) is 20.4 Å². The molecule has 0 saturated heterocycles. The number of hydrogen-bond acceptors (Lipinski definition) is 2. The molecule has 1 radical (unpaired) electrons. The van der Waals surface area contributed by atoms with E-state index in [1.165, 1.54) is 0 Å². The van der Waals surface area contributed by atoms with Crippen molar-refractivity contribution in [2.75, 3.05) is 0 Å². The van der Waals surface area contributed by atoms with Gasteiger partial charge in [-0.3, -0.25) is 0 Å². The maximum atomic E-state index is 4.34. The zero-order valence-corrected chi connectivity index (χ0v) is 6.53. The molecule has 3 heteroatoms. The molecule has 1 rings (SSSR count). The average molecular weight is 268 g/mol. The Hall–Kier alpha value is -0.128. The molecule has 0 amide bonds. The largest absolute Gasteiger partial charge is 0.480 e. The summed E-state index contributed by atoms with van der Waals surface area (Å²) < 4.78 is 4.34. The summed E-state index contributed by atoms with van der Waals surface area (Å²) in [5.41, 5.74) is 0.870. The summed E-state index contributed by atoms with van der Waals surface area (Å²) in [6, 6.07) is 1.68. The first-order valence-corrected chi connectivity index (χ1v) is 1.69. The minimum absolute atomic E-state index is 0. The first-order chi connectivity index (χ1) is 2.89. The average Bonchev–Trinajstić information content (AvgIpc) is 1.86. The molecule has 2 nitrogen and oxygen atoms in total. The van der Waals surface area contributed by atoms with Gasteiger partial charge in [0.25, 0.3) is 0 Å². The summed E-state index contributed by atoms with van der Waals surface area (Å²) in [6.45, 7) is 1.85. The number of aryl methyl sites for hydroxylation is 1. The smallest absolute Gasteiger partial charge is 0 e. The number of hydrogen-bond donors (Lipinski definition) is 0. The van der Waals surface area contributed by atoms with E-state index in [1.54, 1.807) is 6.07 Å². The van der Waals surface area contributed by atoms with Crippen molar-refractivity contribution in [2.24, 2.45) is 0 Å². The Labute approximate surface area is 55.5 Å². The summed E-state index contributed by atoms with van der Waals surface area (Å²) in [5, 5.41) is 3.49. The standard InChI is InChI=1S/C4H4NO.Re/c1-4-2-3-6-5-4;/h2H,1H3;/q-1;. The second-order valence-corrected chi connectivity index (χ2v) is 1.09. The van der Waals surface area contributed by atoms with Gasteiger partial charge in [-0.2, -0.15) is 6.07 Å². The van der Waals surface area contributed by atoms with Gasteiger partial charge in [-0.1, -0.05) is 12.6 Å². The Morgan fingerprint density at radius 1 is 1.86 bits per heavy atom. The second-order valence-electron chi connectivity index (χ2n) is 1.09. The predicted octanol–water partition coefficient (Wildman–Crippen LogP) is 0.781. The molecule has 1 aromatic heterocycles. The third kappa shape index (κ3) is 1.86. The first-order valence-electron chi connectivity index (χ1n) is 1.69. The molecule has 7 heavy (non-hydrogen) atoms. The summed E-state index contributed by atoms with van der Waals surface area (Å²) >= 11 is 0. The van der Waals surface area contributed by atoms with Crippen LogP contribution in [0.15, 0.2) is 10.6 Å². The zero-order valence-electron chi connectivity index (χ0n) is 3.81. The van der Waals surface area contributed by atoms with Crippen LogP contribution in [0.5, 0.6) is 0 Å². The number of nitrogens with zero attached hydrogens (tertiary/aromatic N) is 1. The van der Waals surface area contributed by atoms with Crippen LogP contribution in [0.1, 0.15) is 5.69 Å². The van der Waals surface area contributed by atoms with Crippen LogP contribution in [0.4, 0.5) is 0 Å². The van der Waals surface area contributed by atoms with E-state index in [0.717, 1.165) is 5.69 Å². The molecule has 0 fully saturated rings. The third-order valence-electron chi connectivity index (χ3n) is 0.510. The third-order valence-corrected chi connectivity index (χ3v) is 0.510. The Bertz CT molecular complexity index is 115. The van der Waals surface area contributed by atoms with E-state index in [-0.39, 0.29) is 20.4 Å². The SMILES string of the molecule is Cc1c[c-]on1.[Re]. The van der Waals surface area contributed by atoms with Crippen molar-refractivity contribution >= 4 is 0 Å². The molecule has 0 aromatic carbocycles. The molecule has 0 aliphatic carbocycles. The Morgan fingerprint density at radius 3 is 2.71 bits per heavy atom. The predicted molar refractivity (Wildman–Crippen MR) is 20.1 cm³/mol. The van der Waals surface area contributed by atoms with Crippen molar-refractivity contribution in [3.63, 3.8) is 0 Å². The van der Waals surface area contributed by atoms with Crippen LogP contribution < -0.4 is 0 Å². The molecule has 0 unspecified atom stereocenters. The Kier molecular flexibility index (Phi) is 2.90. The first kappa shape index (κ1) is 6.87. The Balaban J connectivity index is 0.000000360. The molecule has 0 N–H and O–H groups in total. The van der Waals surface area contributed by atoms with E-state index in [9.17, 15) is 0 Å². The van der Waals surface area contributed by atoms with Gasteiger partial charge < -0.3 is 4.52 Å². The van der Waals surface area contributed by atoms with Gasteiger partial charge >= 0.3 is 0 Å². The van der Waals surface area contributed by atoms with Crippen molar-refractivity contribution in [2.45, 2.75) is 6.92 Å². The van der Waals surface area contributed by atoms with Gasteiger partial charge in [-0.15, -0.1) is 0 Å². The summed E-state index contributed by atoms with van der Waals surface area (Å²) in [5.74, 6) is 0. The summed E-state index contributed by atoms with van der Waals surface area (Å²) in [7, 11) is 0. The van der Waals surface area contributed by atoms with Crippen molar-refractivity contribution < 1.29 is 24.9 Å². The molecule has 0 saturated carbocycles. The maximum absolute atomic E-state index is 4.34. The number of rotatable bonds is 0. The van der Waals surface area contributed by atoms with Gasteiger partial charge in [-0.25, -0.2) is 5.16 Å². The molecule has 0 bridgehead atoms. The molecule has 1 aromatic rings. The quantitative estimate of drug-likeness (QED) is 0.650. The van der Waals surface area contributed by atoms with E-state index < -0.39 is 0 Å². The van der Waals surface area contributed by atoms with Gasteiger partial charge in [0.1, 0.15) is 0 Å². The fourth-order valence-corrected chi connectivity index (χ4v) is 0.236. The fourth-order valence-electron chi connectivity index (χ4n) is 0.236. The molecule has 0 aliphatic heterocycles. The van der Waals surface area contributed by atoms with Crippen molar-refractivity contribution in [3.8, 4) is 0 Å². The van der Waals surface area contributed by atoms with Crippen LogP contribution in [-0.4, -0.2) is 5.16 Å². The van der Waals surface area contributed by atoms with Crippen LogP contribution in [0.25, 0.3) is 0 Å².